The molecule has 0 saturated carbocycles. The van der Waals surface area contributed by atoms with Crippen molar-refractivity contribution in [2.24, 2.45) is 0 Å². The Labute approximate surface area is 209 Å². The van der Waals surface area contributed by atoms with Crippen molar-refractivity contribution in [3.8, 4) is 23.0 Å². The molecule has 0 aliphatic rings. The summed E-state index contributed by atoms with van der Waals surface area (Å²) in [4.78, 5) is 19.8. The van der Waals surface area contributed by atoms with Gasteiger partial charge in [-0.15, -0.1) is 0 Å². The van der Waals surface area contributed by atoms with Gasteiger partial charge in [-0.25, -0.2) is 0 Å². The molecule has 0 N–H and O–H groups in total. The number of hydrogen-bond acceptors (Lipinski definition) is 4. The average molecular weight is 524 g/mol. The number of hydrogen-bond donors (Lipinski definition) is 0. The van der Waals surface area contributed by atoms with Crippen LogP contribution in [0.1, 0.15) is 22.8 Å². The van der Waals surface area contributed by atoms with Gasteiger partial charge in [0.2, 0.25) is 0 Å². The summed E-state index contributed by atoms with van der Waals surface area (Å²) in [5, 5.41) is 0. The van der Waals surface area contributed by atoms with Gasteiger partial charge in [-0.2, -0.15) is 0 Å². The molecule has 6 aromatic rings. The molecule has 7 heteroatoms. The van der Waals surface area contributed by atoms with E-state index in [2.05, 4.69) is 59.0 Å². The van der Waals surface area contributed by atoms with Crippen LogP contribution in [0.3, 0.4) is 0 Å². The first-order valence-electron chi connectivity index (χ1n) is 11.5. The molecule has 0 aliphatic heterocycles. The Morgan fingerprint density at radius 3 is 1.37 bits per heavy atom. The van der Waals surface area contributed by atoms with Crippen molar-refractivity contribution in [3.63, 3.8) is 0 Å². The van der Waals surface area contributed by atoms with Crippen molar-refractivity contribution < 1.29 is 0 Å². The predicted molar refractivity (Wildman–Crippen MR) is 141 cm³/mol. The molecule has 0 atom stereocenters. The fourth-order valence-corrected chi connectivity index (χ4v) is 6.50. The van der Waals surface area contributed by atoms with Gasteiger partial charge in [0.25, 0.3) is 0 Å². The summed E-state index contributed by atoms with van der Waals surface area (Å²) in [6.07, 6.45) is 0. The normalized spacial score (nSPS) is 11.5. The third-order valence-corrected chi connectivity index (χ3v) is 8.15. The van der Waals surface area contributed by atoms with Crippen molar-refractivity contribution >= 4 is 35.2 Å². The first-order valence-corrected chi connectivity index (χ1v) is 13.2. The van der Waals surface area contributed by atoms with Gasteiger partial charge in [-0.05, 0) is 0 Å². The van der Waals surface area contributed by atoms with E-state index in [1.165, 1.54) is 0 Å². The van der Waals surface area contributed by atoms with E-state index in [0.717, 1.165) is 66.0 Å². The van der Waals surface area contributed by atoms with Gasteiger partial charge in [0.1, 0.15) is 0 Å². The quantitative estimate of drug-likeness (QED) is 0.328. The fraction of sp³-hybridized carbons (Fsp3) is 0.143. The van der Waals surface area contributed by atoms with Crippen LogP contribution in [-0.2, 0) is 0 Å². The van der Waals surface area contributed by atoms with Gasteiger partial charge < -0.3 is 0 Å². The summed E-state index contributed by atoms with van der Waals surface area (Å²) in [6, 6.07) is 24.9. The monoisotopic (exact) mass is 524 g/mol. The van der Waals surface area contributed by atoms with Crippen molar-refractivity contribution in [1.29, 1.82) is 0 Å². The van der Waals surface area contributed by atoms with E-state index in [0.29, 0.717) is 0 Å². The molecule has 0 amide bonds. The molecule has 6 aromatic heterocycles. The topological polar surface area (TPSA) is 60.4 Å². The molecule has 0 aromatic carbocycles. The maximum atomic E-state index is 5.15. The zero-order chi connectivity index (χ0) is 24.1. The van der Waals surface area contributed by atoms with E-state index in [1.54, 1.807) is 0 Å². The molecule has 0 radical (unpaired) electrons. The summed E-state index contributed by atoms with van der Waals surface area (Å²) in [7, 11) is 0. The van der Waals surface area contributed by atoms with Crippen LogP contribution < -0.4 is 9.18 Å². The molecule has 0 bridgehead atoms. The minimum atomic E-state index is -0.123. The van der Waals surface area contributed by atoms with E-state index in [9.17, 15) is 0 Å². The molecule has 6 rings (SSSR count). The second-order valence-corrected chi connectivity index (χ2v) is 10.7. The number of rotatable bonds is 4. The van der Waals surface area contributed by atoms with Crippen LogP contribution in [0, 0.1) is 27.7 Å². The van der Waals surface area contributed by atoms with Gasteiger partial charge in [-0.3, -0.25) is 0 Å². The SMILES string of the molecule is Cc1cccc(-c2nc([Se]c3nc(-c4cccc(C)n4)n4c(C)cccc34)c3cccc(C)n23)n1. The zero-order valence-electron chi connectivity index (χ0n) is 20.0. The summed E-state index contributed by atoms with van der Waals surface area (Å²) in [6.45, 7) is 8.25. The van der Waals surface area contributed by atoms with Gasteiger partial charge >= 0.3 is 210 Å². The van der Waals surface area contributed by atoms with E-state index >= 15 is 0 Å². The molecule has 35 heavy (non-hydrogen) atoms. The Balaban J connectivity index is 1.55. The third-order valence-electron chi connectivity index (χ3n) is 6.08. The van der Waals surface area contributed by atoms with Gasteiger partial charge in [-0.1, -0.05) is 0 Å². The van der Waals surface area contributed by atoms with Crippen molar-refractivity contribution in [2.45, 2.75) is 27.7 Å². The molecule has 0 unspecified atom stereocenters. The Morgan fingerprint density at radius 2 is 0.943 bits per heavy atom. The van der Waals surface area contributed by atoms with E-state index in [-0.39, 0.29) is 15.0 Å². The van der Waals surface area contributed by atoms with E-state index in [1.807, 2.05) is 50.2 Å². The van der Waals surface area contributed by atoms with Gasteiger partial charge in [0.15, 0.2) is 0 Å². The number of aryl methyl sites for hydroxylation is 4. The number of pyridine rings is 4. The summed E-state index contributed by atoms with van der Waals surface area (Å²) in [5.41, 5.74) is 8.19. The van der Waals surface area contributed by atoms with Crippen molar-refractivity contribution in [3.05, 3.63) is 95.6 Å². The average Bonchev–Trinajstić information content (AvgIpc) is 3.40. The first-order chi connectivity index (χ1) is 17.0. The van der Waals surface area contributed by atoms with E-state index < -0.39 is 0 Å². The number of nitrogens with zero attached hydrogens (tertiary/aromatic N) is 6. The molecular weight excluding hydrogens is 499 g/mol. The molecule has 172 valence electrons. The first kappa shape index (κ1) is 21.7. The number of aromatic nitrogens is 6. The number of imidazole rings is 2. The van der Waals surface area contributed by atoms with Crippen LogP contribution in [0.2, 0.25) is 0 Å². The van der Waals surface area contributed by atoms with Crippen LogP contribution in [-0.4, -0.2) is 43.7 Å². The predicted octanol–water partition coefficient (Wildman–Crippen LogP) is 3.99. The van der Waals surface area contributed by atoms with Crippen LogP contribution in [0.15, 0.2) is 72.8 Å². The van der Waals surface area contributed by atoms with Crippen LogP contribution in [0.4, 0.5) is 0 Å². The third kappa shape index (κ3) is 3.73. The maximum absolute atomic E-state index is 5.15. The van der Waals surface area contributed by atoms with Crippen molar-refractivity contribution in [1.82, 2.24) is 28.7 Å². The summed E-state index contributed by atoms with van der Waals surface area (Å²) < 4.78 is 6.52. The van der Waals surface area contributed by atoms with Crippen LogP contribution >= 0.6 is 0 Å². The van der Waals surface area contributed by atoms with Crippen LogP contribution in [0.5, 0.6) is 0 Å². The second kappa shape index (κ2) is 8.45. The molecule has 6 heterocycles. The zero-order valence-corrected chi connectivity index (χ0v) is 21.7. The Bertz CT molecular complexity index is 1600. The van der Waals surface area contributed by atoms with E-state index in [4.69, 9.17) is 19.9 Å². The van der Waals surface area contributed by atoms with Gasteiger partial charge in [0, 0.05) is 0 Å². The summed E-state index contributed by atoms with van der Waals surface area (Å²) in [5.74, 6) is 1.75. The molecule has 0 fully saturated rings. The van der Waals surface area contributed by atoms with Gasteiger partial charge in [0.05, 0.1) is 0 Å². The molecule has 0 aliphatic carbocycles. The van der Waals surface area contributed by atoms with Crippen molar-refractivity contribution in [2.75, 3.05) is 0 Å². The molecular formula is C28H24N6Se. The minimum absolute atomic E-state index is 0.123. The molecule has 6 nitrogen and oxygen atoms in total. The van der Waals surface area contributed by atoms with Crippen LogP contribution in [0.25, 0.3) is 34.1 Å². The Hall–Kier alpha value is -3.80. The Morgan fingerprint density at radius 1 is 0.514 bits per heavy atom. The standard InChI is InChI=1S/C28H24N6Se/c1-17-9-5-13-21(29-17)25-31-27(23-15-7-11-19(3)33(23)25)35-28-24-16-8-12-20(4)34(24)26(32-28)22-14-6-10-18(2)30-22/h5-16H,1-4H3. The molecule has 0 saturated heterocycles. The fourth-order valence-electron chi connectivity index (χ4n) is 4.46. The second-order valence-electron chi connectivity index (χ2n) is 8.69. The number of fused-ring (bicyclic) bond motifs is 2. The Kier molecular flexibility index (Phi) is 5.24. The molecule has 0 spiro atoms. The summed E-state index contributed by atoms with van der Waals surface area (Å²) >= 11 is -0.123.